The first-order valence-electron chi connectivity index (χ1n) is 6.90. The first-order valence-corrected chi connectivity index (χ1v) is 7.71. The van der Waals surface area contributed by atoms with E-state index in [0.29, 0.717) is 11.4 Å². The first kappa shape index (κ1) is 15.0. The normalized spacial score (nSPS) is 21.9. The lowest BCUT2D eigenvalue weighted by atomic mass is 9.92. The minimum atomic E-state index is -0.426. The van der Waals surface area contributed by atoms with E-state index in [4.69, 9.17) is 5.73 Å². The second-order valence-corrected chi connectivity index (χ2v) is 6.11. The van der Waals surface area contributed by atoms with Gasteiger partial charge in [-0.1, -0.05) is 24.7 Å². The number of hydrogen-bond donors (Lipinski definition) is 3. The van der Waals surface area contributed by atoms with Crippen molar-refractivity contribution in [3.8, 4) is 11.8 Å². The van der Waals surface area contributed by atoms with Gasteiger partial charge in [-0.2, -0.15) is 0 Å². The van der Waals surface area contributed by atoms with Crippen LogP contribution in [0.1, 0.15) is 45.8 Å². The fourth-order valence-electron chi connectivity index (χ4n) is 2.37. The molecule has 1 heterocycles. The first-order chi connectivity index (χ1) is 9.61. The summed E-state index contributed by atoms with van der Waals surface area (Å²) in [5.41, 5.74) is 6.35. The number of aryl methyl sites for hydroxylation is 1. The summed E-state index contributed by atoms with van der Waals surface area (Å²) in [7, 11) is 0. The van der Waals surface area contributed by atoms with E-state index in [0.717, 1.165) is 36.1 Å². The van der Waals surface area contributed by atoms with Crippen LogP contribution in [0.15, 0.2) is 6.07 Å². The second kappa shape index (κ2) is 6.89. The quantitative estimate of drug-likeness (QED) is 0.721. The van der Waals surface area contributed by atoms with Gasteiger partial charge in [-0.3, -0.25) is 4.79 Å². The van der Waals surface area contributed by atoms with Crippen molar-refractivity contribution in [2.75, 3.05) is 6.54 Å². The Hall–Kier alpha value is -1.35. The molecule has 1 saturated carbocycles. The largest absolute Gasteiger partial charge is 0.391 e. The van der Waals surface area contributed by atoms with Crippen LogP contribution >= 0.6 is 11.3 Å². The maximum absolute atomic E-state index is 12.2. The van der Waals surface area contributed by atoms with Crippen molar-refractivity contribution in [3.63, 3.8) is 0 Å². The van der Waals surface area contributed by atoms with Crippen LogP contribution in [0, 0.1) is 18.8 Å². The maximum atomic E-state index is 12.2. The molecule has 0 spiro atoms. The average molecular weight is 292 g/mol. The van der Waals surface area contributed by atoms with Crippen molar-refractivity contribution in [1.82, 2.24) is 5.32 Å². The number of nitrogens with two attached hydrogens (primary N) is 1. The van der Waals surface area contributed by atoms with E-state index in [1.54, 1.807) is 0 Å². The van der Waals surface area contributed by atoms with E-state index in [2.05, 4.69) is 17.2 Å². The second-order valence-electron chi connectivity index (χ2n) is 5.06. The Bertz CT molecular complexity index is 542. The fraction of sp³-hybridized carbons (Fsp3) is 0.533. The molecule has 2 atom stereocenters. The predicted molar refractivity (Wildman–Crippen MR) is 80.7 cm³/mol. The molecule has 1 aromatic rings. The standard InChI is InChI=1S/C15H20N2O2S/c1-10-9-14(20-13(10)7-4-8-16)15(19)17-11-5-2-3-6-12(11)18/h9,11-12,18H,2-3,5-6,8,16H2,1H3,(H,17,19). The number of carbonyl (C=O) groups excluding carboxylic acids is 1. The molecule has 1 amide bonds. The Labute approximate surface area is 123 Å². The van der Waals surface area contributed by atoms with Crippen LogP contribution in [0.5, 0.6) is 0 Å². The third kappa shape index (κ3) is 3.60. The number of hydrogen-bond acceptors (Lipinski definition) is 4. The molecule has 20 heavy (non-hydrogen) atoms. The van der Waals surface area contributed by atoms with Crippen LogP contribution in [-0.2, 0) is 0 Å². The molecule has 0 bridgehead atoms. The van der Waals surface area contributed by atoms with Crippen molar-refractivity contribution >= 4 is 17.2 Å². The molecule has 108 valence electrons. The number of amides is 1. The van der Waals surface area contributed by atoms with Crippen molar-refractivity contribution in [1.29, 1.82) is 0 Å². The molecule has 2 rings (SSSR count). The van der Waals surface area contributed by atoms with E-state index in [9.17, 15) is 9.90 Å². The molecular formula is C15H20N2O2S. The van der Waals surface area contributed by atoms with Gasteiger partial charge in [0, 0.05) is 0 Å². The molecule has 4 nitrogen and oxygen atoms in total. The van der Waals surface area contributed by atoms with Gasteiger partial charge in [0.1, 0.15) is 0 Å². The Kier molecular flexibility index (Phi) is 5.18. The molecule has 2 unspecified atom stereocenters. The summed E-state index contributed by atoms with van der Waals surface area (Å²) >= 11 is 1.37. The predicted octanol–water partition coefficient (Wildman–Crippen LogP) is 1.40. The summed E-state index contributed by atoms with van der Waals surface area (Å²) in [6.07, 6.45) is 3.27. The van der Waals surface area contributed by atoms with E-state index < -0.39 is 6.10 Å². The minimum absolute atomic E-state index is 0.121. The zero-order chi connectivity index (χ0) is 14.5. The number of aliphatic hydroxyl groups is 1. The maximum Gasteiger partial charge on any atom is 0.261 e. The van der Waals surface area contributed by atoms with Crippen LogP contribution < -0.4 is 11.1 Å². The number of nitrogens with one attached hydrogen (secondary N) is 1. The van der Waals surface area contributed by atoms with Gasteiger partial charge < -0.3 is 16.2 Å². The molecule has 4 N–H and O–H groups in total. The summed E-state index contributed by atoms with van der Waals surface area (Å²) in [4.78, 5) is 13.7. The molecule has 1 fully saturated rings. The van der Waals surface area contributed by atoms with Crippen molar-refractivity contribution in [2.45, 2.75) is 44.8 Å². The van der Waals surface area contributed by atoms with E-state index in [-0.39, 0.29) is 11.9 Å². The monoisotopic (exact) mass is 292 g/mol. The van der Waals surface area contributed by atoms with Crippen LogP contribution in [0.4, 0.5) is 0 Å². The summed E-state index contributed by atoms with van der Waals surface area (Å²) < 4.78 is 0. The molecule has 0 radical (unpaired) electrons. The molecule has 1 aromatic heterocycles. The number of aliphatic hydroxyl groups excluding tert-OH is 1. The molecule has 1 aliphatic rings. The smallest absolute Gasteiger partial charge is 0.261 e. The fourth-order valence-corrected chi connectivity index (χ4v) is 3.32. The molecule has 0 aromatic carbocycles. The zero-order valence-electron chi connectivity index (χ0n) is 11.6. The Morgan fingerprint density at radius 2 is 2.30 bits per heavy atom. The van der Waals surface area contributed by atoms with Crippen LogP contribution in [0.3, 0.4) is 0 Å². The van der Waals surface area contributed by atoms with Crippen molar-refractivity contribution < 1.29 is 9.90 Å². The zero-order valence-corrected chi connectivity index (χ0v) is 12.4. The van der Waals surface area contributed by atoms with Gasteiger partial charge in [0.05, 0.1) is 28.4 Å². The number of rotatable bonds is 2. The summed E-state index contributed by atoms with van der Waals surface area (Å²) in [6.45, 7) is 2.25. The Morgan fingerprint density at radius 3 is 3.00 bits per heavy atom. The molecule has 5 heteroatoms. The third-order valence-electron chi connectivity index (χ3n) is 3.49. The number of carbonyl (C=O) groups is 1. The van der Waals surface area contributed by atoms with Crippen LogP contribution in [0.2, 0.25) is 0 Å². The molecule has 1 aliphatic carbocycles. The van der Waals surface area contributed by atoms with E-state index in [1.165, 1.54) is 11.3 Å². The lowest BCUT2D eigenvalue weighted by Gasteiger charge is -2.28. The molecular weight excluding hydrogens is 272 g/mol. The number of thiophene rings is 1. The van der Waals surface area contributed by atoms with Gasteiger partial charge in [0.15, 0.2) is 0 Å². The highest BCUT2D eigenvalue weighted by molar-refractivity contribution is 7.14. The van der Waals surface area contributed by atoms with Crippen LogP contribution in [-0.4, -0.2) is 29.7 Å². The summed E-state index contributed by atoms with van der Waals surface area (Å²) in [6, 6.07) is 1.72. The van der Waals surface area contributed by atoms with E-state index in [1.807, 2.05) is 13.0 Å². The summed E-state index contributed by atoms with van der Waals surface area (Å²) in [5, 5.41) is 12.8. The highest BCUT2D eigenvalue weighted by Gasteiger charge is 2.25. The van der Waals surface area contributed by atoms with Gasteiger partial charge in [0.25, 0.3) is 5.91 Å². The van der Waals surface area contributed by atoms with Crippen LogP contribution in [0.25, 0.3) is 0 Å². The minimum Gasteiger partial charge on any atom is -0.391 e. The SMILES string of the molecule is Cc1cc(C(=O)NC2CCCCC2O)sc1C#CCN. The van der Waals surface area contributed by atoms with Gasteiger partial charge in [0.2, 0.25) is 0 Å². The van der Waals surface area contributed by atoms with Crippen molar-refractivity contribution in [3.05, 3.63) is 21.4 Å². The summed E-state index contributed by atoms with van der Waals surface area (Å²) in [5.74, 6) is 5.66. The molecule has 0 aliphatic heterocycles. The van der Waals surface area contributed by atoms with Gasteiger partial charge in [-0.25, -0.2) is 0 Å². The average Bonchev–Trinajstić information content (AvgIpc) is 2.80. The lowest BCUT2D eigenvalue weighted by molar-refractivity contribution is 0.0720. The van der Waals surface area contributed by atoms with Gasteiger partial charge >= 0.3 is 0 Å². The Morgan fingerprint density at radius 1 is 1.55 bits per heavy atom. The van der Waals surface area contributed by atoms with Gasteiger partial charge in [-0.05, 0) is 31.4 Å². The van der Waals surface area contributed by atoms with Gasteiger partial charge in [-0.15, -0.1) is 11.3 Å². The highest BCUT2D eigenvalue weighted by atomic mass is 32.1. The van der Waals surface area contributed by atoms with E-state index >= 15 is 0 Å². The van der Waals surface area contributed by atoms with Crippen molar-refractivity contribution in [2.24, 2.45) is 5.73 Å². The molecule has 0 saturated heterocycles. The lowest BCUT2D eigenvalue weighted by Crippen LogP contribution is -2.44. The third-order valence-corrected chi connectivity index (χ3v) is 4.64. The Balaban J connectivity index is 2.05. The topological polar surface area (TPSA) is 75.3 Å². The highest BCUT2D eigenvalue weighted by Crippen LogP contribution is 2.23.